The third-order valence-corrected chi connectivity index (χ3v) is 1.52. The summed E-state index contributed by atoms with van der Waals surface area (Å²) in [6.07, 6.45) is 0. The smallest absolute Gasteiger partial charge is 0.289 e. The van der Waals surface area contributed by atoms with E-state index in [1.807, 2.05) is 37.3 Å². The van der Waals surface area contributed by atoms with E-state index in [0.29, 0.717) is 6.61 Å². The molecule has 0 saturated carbocycles. The Hall–Kier alpha value is -2.04. The van der Waals surface area contributed by atoms with Gasteiger partial charge in [0.1, 0.15) is 0 Å². The Morgan fingerprint density at radius 3 is 2.53 bits per heavy atom. The summed E-state index contributed by atoms with van der Waals surface area (Å²) in [5, 5.41) is 0. The predicted octanol–water partition coefficient (Wildman–Crippen LogP) is 0.984. The second kappa shape index (κ2) is 5.64. The van der Waals surface area contributed by atoms with E-state index in [2.05, 4.69) is 9.98 Å². The number of benzene rings is 1. The van der Waals surface area contributed by atoms with Crippen molar-refractivity contribution in [2.45, 2.75) is 6.92 Å². The van der Waals surface area contributed by atoms with Crippen LogP contribution in [0.5, 0.6) is 0 Å². The Labute approximate surface area is 88.5 Å². The number of hydrogen-bond donors (Lipinski definition) is 2. The summed E-state index contributed by atoms with van der Waals surface area (Å²) in [4.78, 5) is 7.79. The third kappa shape index (κ3) is 4.12. The lowest BCUT2D eigenvalue weighted by Gasteiger charge is -2.00. The number of guanidine groups is 1. The molecule has 0 unspecified atom stereocenters. The van der Waals surface area contributed by atoms with Gasteiger partial charge in [-0.25, -0.2) is 4.99 Å². The minimum absolute atomic E-state index is 0.0229. The fourth-order valence-electron chi connectivity index (χ4n) is 0.953. The highest BCUT2D eigenvalue weighted by Crippen LogP contribution is 2.09. The van der Waals surface area contributed by atoms with Crippen LogP contribution in [0.2, 0.25) is 0 Å². The van der Waals surface area contributed by atoms with Gasteiger partial charge in [-0.15, -0.1) is 0 Å². The van der Waals surface area contributed by atoms with Crippen LogP contribution in [0.15, 0.2) is 40.3 Å². The second-order valence-electron chi connectivity index (χ2n) is 2.69. The quantitative estimate of drug-likeness (QED) is 0.558. The first-order valence-electron chi connectivity index (χ1n) is 4.58. The zero-order valence-electron chi connectivity index (χ0n) is 8.55. The fraction of sp³-hybridized carbons (Fsp3) is 0.200. The van der Waals surface area contributed by atoms with Crippen molar-refractivity contribution in [3.05, 3.63) is 30.3 Å². The van der Waals surface area contributed by atoms with Gasteiger partial charge >= 0.3 is 0 Å². The summed E-state index contributed by atoms with van der Waals surface area (Å²) >= 11 is 0. The van der Waals surface area contributed by atoms with Crippen molar-refractivity contribution in [2.24, 2.45) is 21.5 Å². The van der Waals surface area contributed by atoms with E-state index in [1.165, 1.54) is 0 Å². The topological polar surface area (TPSA) is 86.0 Å². The van der Waals surface area contributed by atoms with Crippen molar-refractivity contribution in [3.8, 4) is 0 Å². The summed E-state index contributed by atoms with van der Waals surface area (Å²) in [5.74, 6) is 0.0761. The summed E-state index contributed by atoms with van der Waals surface area (Å²) in [7, 11) is 0. The molecule has 0 aliphatic heterocycles. The molecule has 0 amide bonds. The van der Waals surface area contributed by atoms with E-state index in [1.54, 1.807) is 0 Å². The maximum absolute atomic E-state index is 5.54. The minimum atomic E-state index is 0.0229. The summed E-state index contributed by atoms with van der Waals surface area (Å²) in [6, 6.07) is 9.28. The van der Waals surface area contributed by atoms with Gasteiger partial charge in [-0.1, -0.05) is 18.2 Å². The zero-order valence-corrected chi connectivity index (χ0v) is 8.55. The van der Waals surface area contributed by atoms with Gasteiger partial charge in [-0.05, 0) is 19.1 Å². The average molecular weight is 206 g/mol. The van der Waals surface area contributed by atoms with Crippen LogP contribution in [-0.2, 0) is 4.74 Å². The number of ether oxygens (including phenoxy) is 1. The number of amidine groups is 1. The van der Waals surface area contributed by atoms with Crippen LogP contribution in [0.25, 0.3) is 0 Å². The van der Waals surface area contributed by atoms with Crippen LogP contribution in [0.4, 0.5) is 5.69 Å². The molecule has 0 atom stereocenters. The standard InChI is InChI=1S/C10H14N4O/c1-2-15-10(12)14-9(11)13-8-6-4-3-5-7-8/h3-7H,2H2,1H3,(H4,11,12,13,14). The molecular formula is C10H14N4O. The summed E-state index contributed by atoms with van der Waals surface area (Å²) < 4.78 is 4.92. The van der Waals surface area contributed by atoms with E-state index in [-0.39, 0.29) is 12.0 Å². The first-order valence-corrected chi connectivity index (χ1v) is 4.58. The molecule has 0 spiro atoms. The van der Waals surface area contributed by atoms with Gasteiger partial charge < -0.3 is 16.2 Å². The van der Waals surface area contributed by atoms with Gasteiger partial charge in [0.15, 0.2) is 0 Å². The molecule has 1 rings (SSSR count). The molecule has 1 aromatic carbocycles. The van der Waals surface area contributed by atoms with Gasteiger partial charge in [0.25, 0.3) is 6.02 Å². The number of hydrogen-bond acceptors (Lipinski definition) is 2. The van der Waals surface area contributed by atoms with Gasteiger partial charge in [0.2, 0.25) is 5.96 Å². The molecular weight excluding hydrogens is 192 g/mol. The van der Waals surface area contributed by atoms with Crippen LogP contribution in [0.1, 0.15) is 6.92 Å². The van der Waals surface area contributed by atoms with Crippen LogP contribution in [0, 0.1) is 0 Å². The Morgan fingerprint density at radius 1 is 1.27 bits per heavy atom. The highest BCUT2D eigenvalue weighted by molar-refractivity contribution is 5.92. The molecule has 5 heteroatoms. The lowest BCUT2D eigenvalue weighted by Crippen LogP contribution is -2.21. The lowest BCUT2D eigenvalue weighted by atomic mass is 10.3. The number of para-hydroxylation sites is 1. The van der Waals surface area contributed by atoms with Crippen molar-refractivity contribution in [1.29, 1.82) is 0 Å². The fourth-order valence-corrected chi connectivity index (χ4v) is 0.953. The Morgan fingerprint density at radius 2 is 1.93 bits per heavy atom. The van der Waals surface area contributed by atoms with Gasteiger partial charge in [-0.2, -0.15) is 4.99 Å². The SMILES string of the molecule is CCO/C(N)=N/C(N)=Nc1ccccc1. The molecule has 15 heavy (non-hydrogen) atoms. The molecule has 80 valence electrons. The molecule has 0 fully saturated rings. The molecule has 0 aliphatic carbocycles. The maximum atomic E-state index is 5.54. The molecule has 0 bridgehead atoms. The molecule has 0 aromatic heterocycles. The van der Waals surface area contributed by atoms with Crippen molar-refractivity contribution >= 4 is 17.7 Å². The van der Waals surface area contributed by atoms with Gasteiger partial charge in [0.05, 0.1) is 12.3 Å². The first kappa shape index (κ1) is 11.0. The largest absolute Gasteiger partial charge is 0.465 e. The maximum Gasteiger partial charge on any atom is 0.289 e. The van der Waals surface area contributed by atoms with E-state index >= 15 is 0 Å². The Balaban J connectivity index is 2.72. The van der Waals surface area contributed by atoms with Crippen LogP contribution >= 0.6 is 0 Å². The third-order valence-electron chi connectivity index (χ3n) is 1.52. The average Bonchev–Trinajstić information content (AvgIpc) is 2.19. The van der Waals surface area contributed by atoms with E-state index in [0.717, 1.165) is 5.69 Å². The molecule has 1 aromatic rings. The minimum Gasteiger partial charge on any atom is -0.465 e. The molecule has 0 saturated heterocycles. The van der Waals surface area contributed by atoms with E-state index in [9.17, 15) is 0 Å². The number of rotatable bonds is 2. The predicted molar refractivity (Wildman–Crippen MR) is 61.0 cm³/mol. The second-order valence-corrected chi connectivity index (χ2v) is 2.69. The zero-order chi connectivity index (χ0) is 11.1. The molecule has 5 nitrogen and oxygen atoms in total. The van der Waals surface area contributed by atoms with Crippen molar-refractivity contribution in [1.82, 2.24) is 0 Å². The summed E-state index contributed by atoms with van der Waals surface area (Å²) in [6.45, 7) is 2.26. The van der Waals surface area contributed by atoms with Crippen LogP contribution in [0.3, 0.4) is 0 Å². The lowest BCUT2D eigenvalue weighted by molar-refractivity contribution is 0.322. The monoisotopic (exact) mass is 206 g/mol. The van der Waals surface area contributed by atoms with E-state index < -0.39 is 0 Å². The van der Waals surface area contributed by atoms with Crippen LogP contribution in [-0.4, -0.2) is 18.6 Å². The van der Waals surface area contributed by atoms with Gasteiger partial charge in [0, 0.05) is 0 Å². The molecule has 0 aliphatic rings. The number of nitrogens with two attached hydrogens (primary N) is 2. The molecule has 0 radical (unpaired) electrons. The molecule has 0 heterocycles. The van der Waals surface area contributed by atoms with Crippen molar-refractivity contribution < 1.29 is 4.74 Å². The number of aliphatic imine (C=N–C) groups is 2. The van der Waals surface area contributed by atoms with Crippen LogP contribution < -0.4 is 11.5 Å². The summed E-state index contributed by atoms with van der Waals surface area (Å²) in [5.41, 5.74) is 11.7. The van der Waals surface area contributed by atoms with Crippen molar-refractivity contribution in [2.75, 3.05) is 6.61 Å². The first-order chi connectivity index (χ1) is 7.22. The Kier molecular flexibility index (Phi) is 4.15. The van der Waals surface area contributed by atoms with Gasteiger partial charge in [-0.3, -0.25) is 0 Å². The highest BCUT2D eigenvalue weighted by Gasteiger charge is 1.94. The van der Waals surface area contributed by atoms with E-state index in [4.69, 9.17) is 16.2 Å². The normalized spacial score (nSPS) is 12.6. The number of nitrogens with zero attached hydrogens (tertiary/aromatic N) is 2. The Bertz CT molecular complexity index is 359. The molecule has 4 N–H and O–H groups in total. The highest BCUT2D eigenvalue weighted by atomic mass is 16.5. The van der Waals surface area contributed by atoms with Crippen molar-refractivity contribution in [3.63, 3.8) is 0 Å².